The molecule has 14 aromatic rings. The van der Waals surface area contributed by atoms with Gasteiger partial charge in [0.1, 0.15) is 22.6 Å². The van der Waals surface area contributed by atoms with Gasteiger partial charge in [0.2, 0.25) is 0 Å². The number of benzene rings is 6. The second kappa shape index (κ2) is 21.7. The van der Waals surface area contributed by atoms with Gasteiger partial charge in [-0.2, -0.15) is 0 Å². The predicted octanol–water partition coefficient (Wildman–Crippen LogP) is 21.5. The first kappa shape index (κ1) is 61.2. The molecule has 0 saturated heterocycles. The van der Waals surface area contributed by atoms with Gasteiger partial charge in [-0.15, -0.1) is 0 Å². The van der Waals surface area contributed by atoms with Gasteiger partial charge in [-0.05, 0) is 204 Å². The van der Waals surface area contributed by atoms with Crippen molar-refractivity contribution in [2.75, 3.05) is 9.80 Å². The first-order valence-electron chi connectivity index (χ1n) is 33.4. The lowest BCUT2D eigenvalue weighted by Crippen LogP contribution is -2.22. The van der Waals surface area contributed by atoms with Crippen molar-refractivity contribution in [1.82, 2.24) is 37.5 Å². The van der Waals surface area contributed by atoms with Gasteiger partial charge in [0.05, 0.1) is 28.5 Å². The maximum absolute atomic E-state index is 5.88. The smallest absolute Gasteiger partial charge is 0.161 e. The molecule has 10 nitrogen and oxygen atoms in total. The lowest BCUT2D eigenvalue weighted by Gasteiger charge is -2.29. The van der Waals surface area contributed by atoms with Crippen molar-refractivity contribution in [3.8, 4) is 0 Å². The van der Waals surface area contributed by atoms with Crippen molar-refractivity contribution in [2.45, 2.75) is 170 Å². The molecule has 472 valence electrons. The highest BCUT2D eigenvalue weighted by atomic mass is 15.3. The van der Waals surface area contributed by atoms with E-state index in [1.807, 2.05) is 0 Å². The van der Waals surface area contributed by atoms with E-state index in [-0.39, 0.29) is 16.2 Å². The summed E-state index contributed by atoms with van der Waals surface area (Å²) in [6.45, 7) is 48.0. The number of pyridine rings is 4. The number of aromatic nitrogens is 8. The van der Waals surface area contributed by atoms with Gasteiger partial charge in [0, 0.05) is 50.0 Å². The molecule has 14 rings (SSSR count). The number of imidazole rings is 4. The minimum atomic E-state index is -0.248. The number of nitrogens with zero attached hydrogens (tertiary/aromatic N) is 10. The van der Waals surface area contributed by atoms with Crippen LogP contribution in [0.4, 0.5) is 34.6 Å². The molecule has 0 unspecified atom stereocenters. The van der Waals surface area contributed by atoms with Crippen LogP contribution in [0.25, 0.3) is 65.7 Å². The molecule has 8 aromatic heterocycles. The maximum Gasteiger partial charge on any atom is 0.161 e. The molecule has 0 amide bonds. The van der Waals surface area contributed by atoms with Crippen molar-refractivity contribution in [2.24, 2.45) is 10.8 Å². The summed E-state index contributed by atoms with van der Waals surface area (Å²) >= 11 is 0. The molecular weight excluding hydrogens is 1140 g/mol. The summed E-state index contributed by atoms with van der Waals surface area (Å²) in [4.78, 5) is 27.9. The van der Waals surface area contributed by atoms with Gasteiger partial charge in [0.15, 0.2) is 23.3 Å². The average molecular weight is 1230 g/mol. The van der Waals surface area contributed by atoms with E-state index >= 15 is 0 Å². The molecule has 0 aliphatic heterocycles. The summed E-state index contributed by atoms with van der Waals surface area (Å²) in [6.07, 6.45) is 2.43. The van der Waals surface area contributed by atoms with Gasteiger partial charge in [-0.3, -0.25) is 27.4 Å². The van der Waals surface area contributed by atoms with Crippen LogP contribution in [0.15, 0.2) is 127 Å². The standard InChI is InChI=1S/C83H90N10/c1-46-40-47(2)72(48(3)41-46)93(73-57(12)88-53(8)49(4)62-28-22-25-31-65(62)75(88)84-73)74-58(13)89-54(9)52(7)69-42-59(34-39-68(69)76(89)85-74)43-83(20,21)60-35-37-61(38-36-60)92(79-70(44-81(14,15)16)90-55(10)50(5)63-29-23-26-32-66(63)77(90)86-79)80-71(45-82(17,18)19)91-56(11)51(6)64-30-24-27-33-67(64)78(91)87-80/h22-42H,43-45H2,1-21H3. The predicted molar refractivity (Wildman–Crippen MR) is 392 cm³/mol. The molecule has 0 saturated carbocycles. The minimum Gasteiger partial charge on any atom is -0.299 e. The molecule has 0 spiro atoms. The van der Waals surface area contributed by atoms with Crippen molar-refractivity contribution in [1.29, 1.82) is 0 Å². The third kappa shape index (κ3) is 9.70. The first-order chi connectivity index (χ1) is 44.0. The van der Waals surface area contributed by atoms with Crippen molar-refractivity contribution in [3.05, 3.63) is 223 Å². The zero-order valence-electron chi connectivity index (χ0n) is 58.7. The van der Waals surface area contributed by atoms with E-state index in [1.165, 1.54) is 106 Å². The van der Waals surface area contributed by atoms with Crippen LogP contribution in [0.2, 0.25) is 0 Å². The average Bonchev–Trinajstić information content (AvgIpc) is 1.59. The van der Waals surface area contributed by atoms with Crippen LogP contribution in [0.3, 0.4) is 0 Å². The lowest BCUT2D eigenvalue weighted by atomic mass is 9.79. The van der Waals surface area contributed by atoms with Gasteiger partial charge < -0.3 is 0 Å². The van der Waals surface area contributed by atoms with Crippen LogP contribution < -0.4 is 9.80 Å². The van der Waals surface area contributed by atoms with E-state index in [2.05, 4.69) is 300 Å². The van der Waals surface area contributed by atoms with Crippen LogP contribution in [-0.2, 0) is 24.7 Å². The van der Waals surface area contributed by atoms with Crippen LogP contribution in [0.5, 0.6) is 0 Å². The highest BCUT2D eigenvalue weighted by Gasteiger charge is 2.35. The lowest BCUT2D eigenvalue weighted by molar-refractivity contribution is 0.404. The molecule has 0 radical (unpaired) electrons. The molecule has 6 aromatic carbocycles. The molecule has 0 bridgehead atoms. The second-order valence-electron chi connectivity index (χ2n) is 30.3. The maximum atomic E-state index is 5.88. The van der Waals surface area contributed by atoms with Gasteiger partial charge in [-0.25, -0.2) is 19.9 Å². The summed E-state index contributed by atoms with van der Waals surface area (Å²) in [6, 6.07) is 47.4. The quantitative estimate of drug-likeness (QED) is 0.128. The van der Waals surface area contributed by atoms with Crippen LogP contribution in [0.1, 0.15) is 151 Å². The Bertz CT molecular complexity index is 5280. The van der Waals surface area contributed by atoms with Crippen LogP contribution >= 0.6 is 0 Å². The number of rotatable bonds is 11. The number of anilines is 6. The zero-order chi connectivity index (χ0) is 66.0. The molecule has 0 atom stereocenters. The molecule has 0 aliphatic rings. The molecule has 8 heterocycles. The largest absolute Gasteiger partial charge is 0.299 e. The third-order valence-electron chi connectivity index (χ3n) is 20.7. The fraction of sp³-hybridized carbons (Fsp3) is 0.325. The first-order valence-corrected chi connectivity index (χ1v) is 33.4. The Balaban J connectivity index is 0.902. The summed E-state index contributed by atoms with van der Waals surface area (Å²) in [5, 5.41) is 9.49. The SMILES string of the molecule is Cc1cc(C)c(N(c2nc3c4ccccc4c(C)c(C)n3c2C)c2nc3c4ccc(CC(C)(C)c5ccc(N(c6nc7c8ccccc8c(C)c(C)n7c6CC(C)(C)C)c6nc7c8ccccc8c(C)c(C)n7c6CC(C)(C)C)cc5)cc4c(C)c(C)n3c2C)c(C)c1. The highest BCUT2D eigenvalue weighted by Crippen LogP contribution is 2.48. The summed E-state index contributed by atoms with van der Waals surface area (Å²) in [5.74, 6) is 3.60. The fourth-order valence-electron chi connectivity index (χ4n) is 15.8. The highest BCUT2D eigenvalue weighted by molar-refractivity contribution is 6.02. The van der Waals surface area contributed by atoms with Crippen molar-refractivity contribution < 1.29 is 0 Å². The molecular formula is C83H90N10. The zero-order valence-corrected chi connectivity index (χ0v) is 58.7. The Morgan fingerprint density at radius 2 is 0.688 bits per heavy atom. The Kier molecular flexibility index (Phi) is 14.3. The summed E-state index contributed by atoms with van der Waals surface area (Å²) in [7, 11) is 0. The van der Waals surface area contributed by atoms with Crippen LogP contribution in [-0.4, -0.2) is 37.5 Å². The van der Waals surface area contributed by atoms with E-state index in [0.717, 1.165) is 109 Å². The van der Waals surface area contributed by atoms with Crippen LogP contribution in [0, 0.1) is 101 Å². The van der Waals surface area contributed by atoms with Gasteiger partial charge >= 0.3 is 0 Å². The van der Waals surface area contributed by atoms with E-state index in [0.29, 0.717) is 0 Å². The van der Waals surface area contributed by atoms with E-state index in [9.17, 15) is 0 Å². The number of aryl methyl sites for hydroxylation is 13. The number of hydrogen-bond donors (Lipinski definition) is 0. The van der Waals surface area contributed by atoms with E-state index in [4.69, 9.17) is 19.9 Å². The Labute approximate surface area is 548 Å². The van der Waals surface area contributed by atoms with Gasteiger partial charge in [-0.1, -0.05) is 176 Å². The van der Waals surface area contributed by atoms with E-state index < -0.39 is 0 Å². The number of hydrogen-bond acceptors (Lipinski definition) is 6. The number of fused-ring (bicyclic) bond motifs is 12. The molecule has 0 N–H and O–H groups in total. The minimum absolute atomic E-state index is 0.0635. The Morgan fingerprint density at radius 1 is 0.333 bits per heavy atom. The molecule has 0 aliphatic carbocycles. The third-order valence-corrected chi connectivity index (χ3v) is 20.7. The van der Waals surface area contributed by atoms with Crippen molar-refractivity contribution >= 4 is 100 Å². The summed E-state index contributed by atoms with van der Waals surface area (Å²) in [5.41, 5.74) is 26.1. The van der Waals surface area contributed by atoms with Crippen molar-refractivity contribution in [3.63, 3.8) is 0 Å². The monoisotopic (exact) mass is 1230 g/mol. The van der Waals surface area contributed by atoms with E-state index in [1.54, 1.807) is 0 Å². The Hall–Kier alpha value is -9.28. The topological polar surface area (TPSA) is 75.7 Å². The fourth-order valence-corrected chi connectivity index (χ4v) is 15.8. The normalized spacial score (nSPS) is 12.7. The molecule has 0 fully saturated rings. The summed E-state index contributed by atoms with van der Waals surface area (Å²) < 4.78 is 9.66. The molecule has 10 heteroatoms. The van der Waals surface area contributed by atoms with Gasteiger partial charge in [0.25, 0.3) is 0 Å². The molecule has 93 heavy (non-hydrogen) atoms. The Morgan fingerprint density at radius 3 is 1.10 bits per heavy atom. The second-order valence-corrected chi connectivity index (χ2v) is 30.3.